The van der Waals surface area contributed by atoms with E-state index in [4.69, 9.17) is 28.9 Å². The number of hydrogen-bond donors (Lipinski definition) is 1. The molecule has 100 valence electrons. The van der Waals surface area contributed by atoms with E-state index in [1.54, 1.807) is 11.8 Å². The first-order chi connectivity index (χ1) is 9.06. The summed E-state index contributed by atoms with van der Waals surface area (Å²) in [7, 11) is 0. The molecule has 2 rings (SSSR count). The van der Waals surface area contributed by atoms with Gasteiger partial charge in [0.25, 0.3) is 0 Å². The van der Waals surface area contributed by atoms with Gasteiger partial charge in [0.05, 0.1) is 0 Å². The van der Waals surface area contributed by atoms with Crippen LogP contribution in [0.5, 0.6) is 0 Å². The first-order valence-electron chi connectivity index (χ1n) is 5.99. The molecular weight excluding hydrogens is 297 g/mol. The van der Waals surface area contributed by atoms with Crippen LogP contribution < -0.4 is 5.73 Å². The molecule has 0 radical (unpaired) electrons. The second kappa shape index (κ2) is 6.67. The van der Waals surface area contributed by atoms with Gasteiger partial charge in [0.2, 0.25) is 0 Å². The second-order valence-electron chi connectivity index (χ2n) is 4.40. The normalized spacial score (nSPS) is 14.1. The average Bonchev–Trinajstić information content (AvgIpc) is 2.39. The molecule has 2 aromatic carbocycles. The zero-order valence-corrected chi connectivity index (χ0v) is 12.8. The van der Waals surface area contributed by atoms with Crippen molar-refractivity contribution < 1.29 is 0 Å². The van der Waals surface area contributed by atoms with Crippen molar-refractivity contribution in [3.05, 3.63) is 64.1 Å². The van der Waals surface area contributed by atoms with Gasteiger partial charge in [0.15, 0.2) is 0 Å². The Labute approximate surface area is 128 Å². The van der Waals surface area contributed by atoms with Crippen molar-refractivity contribution in [3.8, 4) is 0 Å². The van der Waals surface area contributed by atoms with E-state index in [9.17, 15) is 0 Å². The Hall–Kier alpha value is -0.670. The van der Waals surface area contributed by atoms with E-state index >= 15 is 0 Å². The minimum atomic E-state index is 0.0434. The Kier molecular flexibility index (Phi) is 5.17. The van der Waals surface area contributed by atoms with Gasteiger partial charge in [-0.25, -0.2) is 0 Å². The minimum absolute atomic E-state index is 0.0434. The van der Waals surface area contributed by atoms with E-state index in [0.29, 0.717) is 0 Å². The maximum absolute atomic E-state index is 6.10. The fourth-order valence-electron chi connectivity index (χ4n) is 1.79. The van der Waals surface area contributed by atoms with Gasteiger partial charge in [-0.2, -0.15) is 0 Å². The number of halogens is 2. The van der Waals surface area contributed by atoms with Crippen molar-refractivity contribution in [1.29, 1.82) is 0 Å². The first kappa shape index (κ1) is 14.7. The highest BCUT2D eigenvalue weighted by Crippen LogP contribution is 2.37. The molecule has 0 heterocycles. The van der Waals surface area contributed by atoms with Crippen LogP contribution in [0.1, 0.15) is 17.7 Å². The van der Waals surface area contributed by atoms with Gasteiger partial charge in [-0.1, -0.05) is 35.3 Å². The Morgan fingerprint density at radius 1 is 0.895 bits per heavy atom. The number of benzene rings is 2. The zero-order valence-electron chi connectivity index (χ0n) is 10.5. The molecule has 0 aliphatic rings. The topological polar surface area (TPSA) is 26.0 Å². The van der Waals surface area contributed by atoms with E-state index in [1.807, 2.05) is 55.5 Å². The lowest BCUT2D eigenvalue weighted by molar-refractivity contribution is 0.721. The van der Waals surface area contributed by atoms with Gasteiger partial charge in [0, 0.05) is 26.2 Å². The van der Waals surface area contributed by atoms with Gasteiger partial charge in [0.1, 0.15) is 0 Å². The van der Waals surface area contributed by atoms with Crippen molar-refractivity contribution in [2.75, 3.05) is 0 Å². The molecule has 0 saturated heterocycles. The van der Waals surface area contributed by atoms with E-state index in [1.165, 1.54) is 5.56 Å². The molecule has 1 nitrogen and oxygen atoms in total. The van der Waals surface area contributed by atoms with Crippen molar-refractivity contribution in [2.45, 2.75) is 23.1 Å². The fraction of sp³-hybridized carbons (Fsp3) is 0.200. The Morgan fingerprint density at radius 3 is 1.84 bits per heavy atom. The summed E-state index contributed by atoms with van der Waals surface area (Å²) < 4.78 is 0. The SMILES string of the molecule is CC(N)C(Sc1ccc(Cl)cc1)c1ccc(Cl)cc1. The van der Waals surface area contributed by atoms with Crippen molar-refractivity contribution in [1.82, 2.24) is 0 Å². The minimum Gasteiger partial charge on any atom is -0.327 e. The van der Waals surface area contributed by atoms with Crippen LogP contribution in [-0.2, 0) is 0 Å². The molecule has 0 spiro atoms. The van der Waals surface area contributed by atoms with Crippen molar-refractivity contribution >= 4 is 35.0 Å². The summed E-state index contributed by atoms with van der Waals surface area (Å²) >= 11 is 13.6. The third kappa shape index (κ3) is 4.15. The molecule has 0 amide bonds. The summed E-state index contributed by atoms with van der Waals surface area (Å²) in [5, 5.41) is 1.68. The van der Waals surface area contributed by atoms with E-state index in [0.717, 1.165) is 14.9 Å². The summed E-state index contributed by atoms with van der Waals surface area (Å²) in [6.45, 7) is 2.02. The molecule has 0 fully saturated rings. The first-order valence-corrected chi connectivity index (χ1v) is 7.63. The van der Waals surface area contributed by atoms with E-state index < -0.39 is 0 Å². The molecule has 2 unspecified atom stereocenters. The third-order valence-electron chi connectivity index (χ3n) is 2.75. The third-order valence-corrected chi connectivity index (χ3v) is 4.76. The lowest BCUT2D eigenvalue weighted by atomic mass is 10.1. The molecule has 0 aliphatic carbocycles. The lowest BCUT2D eigenvalue weighted by Gasteiger charge is -2.21. The average molecular weight is 312 g/mol. The molecule has 2 aromatic rings. The molecular formula is C15H15Cl2NS. The molecule has 0 saturated carbocycles. The van der Waals surface area contributed by atoms with Crippen LogP contribution >= 0.6 is 35.0 Å². The van der Waals surface area contributed by atoms with E-state index in [2.05, 4.69) is 0 Å². The van der Waals surface area contributed by atoms with Crippen LogP contribution in [0.2, 0.25) is 10.0 Å². The monoisotopic (exact) mass is 311 g/mol. The second-order valence-corrected chi connectivity index (χ2v) is 6.49. The predicted molar refractivity (Wildman–Crippen MR) is 85.2 cm³/mol. The fourth-order valence-corrected chi connectivity index (χ4v) is 3.14. The largest absolute Gasteiger partial charge is 0.327 e. The van der Waals surface area contributed by atoms with Gasteiger partial charge >= 0.3 is 0 Å². The van der Waals surface area contributed by atoms with Crippen LogP contribution in [0, 0.1) is 0 Å². The van der Waals surface area contributed by atoms with Crippen LogP contribution in [0.3, 0.4) is 0 Å². The molecule has 19 heavy (non-hydrogen) atoms. The lowest BCUT2D eigenvalue weighted by Crippen LogP contribution is -2.22. The van der Waals surface area contributed by atoms with Gasteiger partial charge in [-0.05, 0) is 48.9 Å². The smallest absolute Gasteiger partial charge is 0.0492 e. The number of rotatable bonds is 4. The van der Waals surface area contributed by atoms with E-state index in [-0.39, 0.29) is 11.3 Å². The molecule has 0 bridgehead atoms. The molecule has 0 aliphatic heterocycles. The highest BCUT2D eigenvalue weighted by molar-refractivity contribution is 7.99. The summed E-state index contributed by atoms with van der Waals surface area (Å²) in [4.78, 5) is 1.15. The maximum atomic E-state index is 6.10. The van der Waals surface area contributed by atoms with Gasteiger partial charge in [-0.3, -0.25) is 0 Å². The molecule has 4 heteroatoms. The van der Waals surface area contributed by atoms with Crippen LogP contribution in [0.4, 0.5) is 0 Å². The Bertz CT molecular complexity index is 523. The molecule has 2 atom stereocenters. The number of nitrogens with two attached hydrogens (primary N) is 1. The Morgan fingerprint density at radius 2 is 1.37 bits per heavy atom. The van der Waals surface area contributed by atoms with Crippen molar-refractivity contribution in [3.63, 3.8) is 0 Å². The van der Waals surface area contributed by atoms with Gasteiger partial charge < -0.3 is 5.73 Å². The summed E-state index contributed by atoms with van der Waals surface area (Å²) in [6.07, 6.45) is 0. The highest BCUT2D eigenvalue weighted by atomic mass is 35.5. The summed E-state index contributed by atoms with van der Waals surface area (Å²) in [6, 6.07) is 15.7. The highest BCUT2D eigenvalue weighted by Gasteiger charge is 2.17. The molecule has 0 aromatic heterocycles. The standard InChI is InChI=1S/C15H15Cl2NS/c1-10(18)15(11-2-4-12(16)5-3-11)19-14-8-6-13(17)7-9-14/h2-10,15H,18H2,1H3. The number of thioether (sulfide) groups is 1. The quantitative estimate of drug-likeness (QED) is 0.788. The predicted octanol–water partition coefficient (Wildman–Crippen LogP) is 5.17. The van der Waals surface area contributed by atoms with Crippen molar-refractivity contribution in [2.24, 2.45) is 5.73 Å². The number of hydrogen-bond acceptors (Lipinski definition) is 2. The van der Waals surface area contributed by atoms with Gasteiger partial charge in [-0.15, -0.1) is 11.8 Å². The molecule has 2 N–H and O–H groups in total. The summed E-state index contributed by atoms with van der Waals surface area (Å²) in [5.41, 5.74) is 7.28. The van der Waals surface area contributed by atoms with Crippen LogP contribution in [-0.4, -0.2) is 6.04 Å². The Balaban J connectivity index is 2.21. The van der Waals surface area contributed by atoms with Crippen LogP contribution in [0.15, 0.2) is 53.4 Å². The maximum Gasteiger partial charge on any atom is 0.0492 e. The van der Waals surface area contributed by atoms with Crippen LogP contribution in [0.25, 0.3) is 0 Å². The zero-order chi connectivity index (χ0) is 13.8. The summed E-state index contributed by atoms with van der Waals surface area (Å²) in [5.74, 6) is 0.